The maximum absolute atomic E-state index is 12.8. The molecule has 1 aromatic rings. The zero-order valence-electron chi connectivity index (χ0n) is 11.8. The number of ether oxygens (including phenoxy) is 1. The molecular weight excluding hydrogens is 287 g/mol. The number of hydrogen-bond acceptors (Lipinski definition) is 5. The van der Waals surface area contributed by atoms with E-state index in [1.54, 1.807) is 6.92 Å². The summed E-state index contributed by atoms with van der Waals surface area (Å²) in [5.41, 5.74) is 0.559. The number of rotatable bonds is 2. The molecule has 1 aromatic heterocycles. The van der Waals surface area contributed by atoms with Gasteiger partial charge in [0.05, 0.1) is 13.0 Å². The van der Waals surface area contributed by atoms with E-state index in [-0.39, 0.29) is 24.6 Å². The van der Waals surface area contributed by atoms with Crippen LogP contribution >= 0.6 is 0 Å². The van der Waals surface area contributed by atoms with Gasteiger partial charge in [-0.2, -0.15) is 13.2 Å². The molecule has 1 saturated heterocycles. The second-order valence-electron chi connectivity index (χ2n) is 5.01. The van der Waals surface area contributed by atoms with E-state index in [9.17, 15) is 18.0 Å². The van der Waals surface area contributed by atoms with Crippen LogP contribution in [-0.4, -0.2) is 42.3 Å². The maximum Gasteiger partial charge on any atom is 0.393 e. The van der Waals surface area contributed by atoms with Gasteiger partial charge < -0.3 is 9.64 Å². The van der Waals surface area contributed by atoms with Crippen molar-refractivity contribution in [1.82, 2.24) is 9.97 Å². The number of anilines is 1. The third-order valence-electron chi connectivity index (χ3n) is 3.40. The smallest absolute Gasteiger partial charge is 0.393 e. The normalized spacial score (nSPS) is 19.5. The molecule has 1 aliphatic heterocycles. The Balaban J connectivity index is 2.25. The molecule has 1 aliphatic rings. The van der Waals surface area contributed by atoms with Crippen LogP contribution in [0.25, 0.3) is 0 Å². The molecule has 0 aromatic carbocycles. The highest BCUT2D eigenvalue weighted by atomic mass is 19.4. The number of carbonyl (C=O) groups is 1. The third-order valence-corrected chi connectivity index (χ3v) is 3.40. The van der Waals surface area contributed by atoms with Gasteiger partial charge in [0.1, 0.15) is 0 Å². The monoisotopic (exact) mass is 303 g/mol. The number of hydrogen-bond donors (Lipinski definition) is 0. The van der Waals surface area contributed by atoms with Gasteiger partial charge in [-0.15, -0.1) is 0 Å². The predicted molar refractivity (Wildman–Crippen MR) is 69.1 cm³/mol. The summed E-state index contributed by atoms with van der Waals surface area (Å²) in [6.07, 6.45) is -3.71. The SMILES string of the molecule is COC(=O)c1cc(C)nc(N2CCCC(C(F)(F)F)C2)n1. The molecule has 0 bridgehead atoms. The van der Waals surface area contributed by atoms with Crippen LogP contribution in [0.3, 0.4) is 0 Å². The minimum Gasteiger partial charge on any atom is -0.464 e. The van der Waals surface area contributed by atoms with Gasteiger partial charge in [0.25, 0.3) is 0 Å². The lowest BCUT2D eigenvalue weighted by Crippen LogP contribution is -2.42. The van der Waals surface area contributed by atoms with E-state index < -0.39 is 18.1 Å². The van der Waals surface area contributed by atoms with Crippen LogP contribution in [0.5, 0.6) is 0 Å². The van der Waals surface area contributed by atoms with Gasteiger partial charge in [0.2, 0.25) is 5.95 Å². The number of methoxy groups -OCH3 is 1. The van der Waals surface area contributed by atoms with Crippen LogP contribution in [0.15, 0.2) is 6.07 Å². The Labute approximate surface area is 120 Å². The average Bonchev–Trinajstić information content (AvgIpc) is 2.45. The van der Waals surface area contributed by atoms with Crippen molar-refractivity contribution in [3.8, 4) is 0 Å². The number of aryl methyl sites for hydroxylation is 1. The molecule has 8 heteroatoms. The average molecular weight is 303 g/mol. The second-order valence-corrected chi connectivity index (χ2v) is 5.01. The molecule has 0 amide bonds. The first-order valence-corrected chi connectivity index (χ1v) is 6.57. The molecule has 5 nitrogen and oxygen atoms in total. The fourth-order valence-electron chi connectivity index (χ4n) is 2.33. The highest BCUT2D eigenvalue weighted by Crippen LogP contribution is 2.34. The van der Waals surface area contributed by atoms with Crippen molar-refractivity contribution in [2.45, 2.75) is 25.9 Å². The van der Waals surface area contributed by atoms with Gasteiger partial charge >= 0.3 is 12.1 Å². The first kappa shape index (κ1) is 15.5. The number of nitrogens with zero attached hydrogens (tertiary/aromatic N) is 3. The molecular formula is C13H16F3N3O2. The van der Waals surface area contributed by atoms with E-state index in [0.29, 0.717) is 18.7 Å². The van der Waals surface area contributed by atoms with Crippen molar-refractivity contribution >= 4 is 11.9 Å². The Morgan fingerprint density at radius 3 is 2.76 bits per heavy atom. The van der Waals surface area contributed by atoms with Gasteiger partial charge in [0.15, 0.2) is 5.69 Å². The first-order chi connectivity index (χ1) is 9.81. The lowest BCUT2D eigenvalue weighted by Gasteiger charge is -2.33. The molecule has 2 rings (SSSR count). The fraction of sp³-hybridized carbons (Fsp3) is 0.615. The number of piperidine rings is 1. The molecule has 0 saturated carbocycles. The van der Waals surface area contributed by atoms with Crippen LogP contribution in [0.4, 0.5) is 19.1 Å². The van der Waals surface area contributed by atoms with Crippen molar-refractivity contribution < 1.29 is 22.7 Å². The van der Waals surface area contributed by atoms with Crippen molar-refractivity contribution in [3.05, 3.63) is 17.5 Å². The number of alkyl halides is 3. The summed E-state index contributed by atoms with van der Waals surface area (Å²) < 4.78 is 43.1. The Hall–Kier alpha value is -1.86. The largest absolute Gasteiger partial charge is 0.464 e. The van der Waals surface area contributed by atoms with Gasteiger partial charge in [0, 0.05) is 18.8 Å². The van der Waals surface area contributed by atoms with Crippen molar-refractivity contribution in [1.29, 1.82) is 0 Å². The molecule has 1 atom stereocenters. The summed E-state index contributed by atoms with van der Waals surface area (Å²) in [5, 5.41) is 0. The summed E-state index contributed by atoms with van der Waals surface area (Å²) in [4.78, 5) is 21.1. The first-order valence-electron chi connectivity index (χ1n) is 6.57. The third kappa shape index (κ3) is 3.62. The van der Waals surface area contributed by atoms with Crippen LogP contribution < -0.4 is 4.90 Å². The molecule has 0 spiro atoms. The fourth-order valence-corrected chi connectivity index (χ4v) is 2.33. The van der Waals surface area contributed by atoms with Crippen molar-refractivity contribution in [2.24, 2.45) is 5.92 Å². The molecule has 1 unspecified atom stereocenters. The standard InChI is InChI=1S/C13H16F3N3O2/c1-8-6-10(11(20)21-2)18-12(17-8)19-5-3-4-9(7-19)13(14,15)16/h6,9H,3-5,7H2,1-2H3. The zero-order valence-corrected chi connectivity index (χ0v) is 11.8. The Bertz CT molecular complexity index is 534. The minimum absolute atomic E-state index is 0.0501. The highest BCUT2D eigenvalue weighted by Gasteiger charge is 2.42. The van der Waals surface area contributed by atoms with Crippen LogP contribution in [0, 0.1) is 12.8 Å². The highest BCUT2D eigenvalue weighted by molar-refractivity contribution is 5.87. The van der Waals surface area contributed by atoms with E-state index >= 15 is 0 Å². The van der Waals surface area contributed by atoms with Crippen LogP contribution in [-0.2, 0) is 4.74 Å². The Kier molecular flexibility index (Phi) is 4.34. The molecule has 0 N–H and O–H groups in total. The zero-order chi connectivity index (χ0) is 15.6. The van der Waals surface area contributed by atoms with Crippen LogP contribution in [0.2, 0.25) is 0 Å². The lowest BCUT2D eigenvalue weighted by molar-refractivity contribution is -0.176. The van der Waals surface area contributed by atoms with Gasteiger partial charge in [-0.05, 0) is 25.8 Å². The summed E-state index contributed by atoms with van der Waals surface area (Å²) in [7, 11) is 1.22. The van der Waals surface area contributed by atoms with E-state index in [2.05, 4.69) is 14.7 Å². The van der Waals surface area contributed by atoms with Crippen molar-refractivity contribution in [2.75, 3.05) is 25.1 Å². The van der Waals surface area contributed by atoms with Crippen LogP contribution in [0.1, 0.15) is 29.0 Å². The number of esters is 1. The molecule has 0 radical (unpaired) electrons. The van der Waals surface area contributed by atoms with Gasteiger partial charge in [-0.1, -0.05) is 0 Å². The topological polar surface area (TPSA) is 55.3 Å². The molecule has 2 heterocycles. The maximum atomic E-state index is 12.8. The predicted octanol–water partition coefficient (Wildman–Crippen LogP) is 2.35. The lowest BCUT2D eigenvalue weighted by atomic mass is 9.98. The summed E-state index contributed by atoms with van der Waals surface area (Å²) in [6, 6.07) is 1.44. The Morgan fingerprint density at radius 1 is 1.43 bits per heavy atom. The number of halogens is 3. The van der Waals surface area contributed by atoms with E-state index in [1.807, 2.05) is 0 Å². The van der Waals surface area contributed by atoms with Crippen molar-refractivity contribution in [3.63, 3.8) is 0 Å². The van der Waals surface area contributed by atoms with Gasteiger partial charge in [-0.25, -0.2) is 14.8 Å². The second kappa shape index (κ2) is 5.87. The molecule has 116 valence electrons. The van der Waals surface area contributed by atoms with E-state index in [1.165, 1.54) is 18.1 Å². The Morgan fingerprint density at radius 2 is 2.14 bits per heavy atom. The van der Waals surface area contributed by atoms with E-state index in [4.69, 9.17) is 0 Å². The quantitative estimate of drug-likeness (QED) is 0.785. The number of aromatic nitrogens is 2. The van der Waals surface area contributed by atoms with E-state index in [0.717, 1.165) is 0 Å². The molecule has 1 fully saturated rings. The summed E-state index contributed by atoms with van der Waals surface area (Å²) in [5.74, 6) is -1.88. The number of carbonyl (C=O) groups excluding carboxylic acids is 1. The molecule has 21 heavy (non-hydrogen) atoms. The minimum atomic E-state index is -4.23. The molecule has 0 aliphatic carbocycles. The summed E-state index contributed by atoms with van der Waals surface area (Å²) >= 11 is 0. The van der Waals surface area contributed by atoms with Gasteiger partial charge in [-0.3, -0.25) is 0 Å². The summed E-state index contributed by atoms with van der Waals surface area (Å²) in [6.45, 7) is 1.91.